The highest BCUT2D eigenvalue weighted by Gasteiger charge is 2.02. The first kappa shape index (κ1) is 8.22. The van der Waals surface area contributed by atoms with Crippen molar-refractivity contribution in [1.29, 1.82) is 0 Å². The van der Waals surface area contributed by atoms with Gasteiger partial charge in [0.25, 0.3) is 5.95 Å². The summed E-state index contributed by atoms with van der Waals surface area (Å²) in [6.07, 6.45) is 0.948. The van der Waals surface area contributed by atoms with Crippen molar-refractivity contribution in [3.05, 3.63) is 4.84 Å². The van der Waals surface area contributed by atoms with Gasteiger partial charge in [-0.3, -0.25) is 5.01 Å². The van der Waals surface area contributed by atoms with Gasteiger partial charge in [-0.1, -0.05) is 6.92 Å². The number of hydrogen-bond acceptors (Lipinski definition) is 5. The minimum Gasteiger partial charge on any atom is -0.346 e. The van der Waals surface area contributed by atoms with Crippen LogP contribution in [0.4, 0.5) is 5.95 Å². The van der Waals surface area contributed by atoms with Gasteiger partial charge in [0, 0.05) is 6.54 Å². The molecule has 0 unspecified atom stereocenters. The molecule has 6 heteroatoms. The van der Waals surface area contributed by atoms with Gasteiger partial charge in [-0.2, -0.15) is 10.1 Å². The maximum atomic E-state index is 5.55. The van der Waals surface area contributed by atoms with Gasteiger partial charge in [-0.05, 0) is 18.6 Å². The van der Waals surface area contributed by atoms with E-state index in [1.807, 2.05) is 6.92 Å². The molecule has 0 saturated heterocycles. The van der Waals surface area contributed by atoms with Gasteiger partial charge in [0.1, 0.15) is 0 Å². The summed E-state index contributed by atoms with van der Waals surface area (Å²) in [7, 11) is 0. The number of H-pyrrole nitrogens is 1. The largest absolute Gasteiger partial charge is 0.346 e. The Hall–Kier alpha value is -0.880. The highest BCUT2D eigenvalue weighted by molar-refractivity contribution is 7.71. The lowest BCUT2D eigenvalue weighted by molar-refractivity contribution is 0.404. The van der Waals surface area contributed by atoms with Crippen LogP contribution >= 0.6 is 12.2 Å². The van der Waals surface area contributed by atoms with Crippen molar-refractivity contribution >= 4 is 18.2 Å². The third kappa shape index (κ3) is 2.02. The van der Waals surface area contributed by atoms with Crippen LogP contribution in [0.2, 0.25) is 0 Å². The van der Waals surface area contributed by atoms with E-state index < -0.39 is 0 Å². The van der Waals surface area contributed by atoms with Crippen LogP contribution in [0.25, 0.3) is 0 Å². The van der Waals surface area contributed by atoms with E-state index in [-0.39, 0.29) is 4.84 Å². The fourth-order valence-corrected chi connectivity index (χ4v) is 0.819. The molecule has 0 aliphatic heterocycles. The molecule has 0 aliphatic carbocycles. The van der Waals surface area contributed by atoms with Crippen LogP contribution in [-0.4, -0.2) is 16.7 Å². The van der Waals surface area contributed by atoms with Crippen LogP contribution in [0, 0.1) is 4.84 Å². The number of hydrazine groups is 1. The molecule has 0 amide bonds. The molecule has 0 radical (unpaired) electrons. The van der Waals surface area contributed by atoms with Gasteiger partial charge in [0.05, 0.1) is 0 Å². The van der Waals surface area contributed by atoms with Crippen LogP contribution in [0.1, 0.15) is 13.3 Å². The molecule has 0 fully saturated rings. The monoisotopic (exact) mass is 174 g/mol. The second kappa shape index (κ2) is 3.49. The number of nitrogens with one attached hydrogen (secondary N) is 1. The lowest BCUT2D eigenvalue weighted by atomic mass is 10.5. The summed E-state index contributed by atoms with van der Waals surface area (Å²) < 4.78 is 4.69. The number of hydrogen-bond donors (Lipinski definition) is 2. The van der Waals surface area contributed by atoms with E-state index in [0.29, 0.717) is 5.95 Å². The Morgan fingerprint density at radius 2 is 2.55 bits per heavy atom. The third-order valence-corrected chi connectivity index (χ3v) is 1.34. The van der Waals surface area contributed by atoms with Gasteiger partial charge >= 0.3 is 4.84 Å². The van der Waals surface area contributed by atoms with Gasteiger partial charge < -0.3 is 4.52 Å². The van der Waals surface area contributed by atoms with E-state index in [2.05, 4.69) is 26.9 Å². The lowest BCUT2D eigenvalue weighted by Crippen LogP contribution is -2.32. The molecule has 62 valence electrons. The van der Waals surface area contributed by atoms with Crippen LogP contribution in [-0.2, 0) is 0 Å². The van der Waals surface area contributed by atoms with Crippen molar-refractivity contribution in [2.75, 3.05) is 11.6 Å². The van der Waals surface area contributed by atoms with Crippen LogP contribution < -0.4 is 10.9 Å². The average molecular weight is 174 g/mol. The summed E-state index contributed by atoms with van der Waals surface area (Å²) in [5.74, 6) is 6.02. The number of aromatic amines is 1. The van der Waals surface area contributed by atoms with Crippen molar-refractivity contribution in [3.8, 4) is 0 Å². The smallest absolute Gasteiger partial charge is 0.315 e. The number of rotatable bonds is 3. The van der Waals surface area contributed by atoms with Crippen LogP contribution in [0.5, 0.6) is 0 Å². The van der Waals surface area contributed by atoms with E-state index in [1.54, 1.807) is 0 Å². The van der Waals surface area contributed by atoms with Crippen molar-refractivity contribution in [2.24, 2.45) is 5.84 Å². The number of nitrogens with two attached hydrogens (primary N) is 1. The minimum atomic E-state index is 0.173. The normalized spacial score (nSPS) is 10.0. The fourth-order valence-electron chi connectivity index (χ4n) is 0.691. The molecule has 1 heterocycles. The first-order valence-electron chi connectivity index (χ1n) is 3.31. The lowest BCUT2D eigenvalue weighted by Gasteiger charge is -2.11. The van der Waals surface area contributed by atoms with E-state index in [9.17, 15) is 0 Å². The zero-order valence-corrected chi connectivity index (χ0v) is 7.02. The molecule has 1 rings (SSSR count). The van der Waals surface area contributed by atoms with Crippen LogP contribution in [0.3, 0.4) is 0 Å². The van der Waals surface area contributed by atoms with Crippen molar-refractivity contribution < 1.29 is 4.52 Å². The van der Waals surface area contributed by atoms with E-state index in [1.165, 1.54) is 5.01 Å². The summed E-state index contributed by atoms with van der Waals surface area (Å²) in [6, 6.07) is 0. The second-order valence-electron chi connectivity index (χ2n) is 2.10. The highest BCUT2D eigenvalue weighted by atomic mass is 32.1. The van der Waals surface area contributed by atoms with E-state index in [4.69, 9.17) is 5.84 Å². The quantitative estimate of drug-likeness (QED) is 0.403. The Kier molecular flexibility index (Phi) is 2.61. The molecule has 0 saturated carbocycles. The molecular weight excluding hydrogens is 164 g/mol. The van der Waals surface area contributed by atoms with Crippen molar-refractivity contribution in [3.63, 3.8) is 0 Å². The predicted molar refractivity (Wildman–Crippen MR) is 43.5 cm³/mol. The molecule has 0 atom stereocenters. The molecule has 0 aromatic carbocycles. The third-order valence-electron chi connectivity index (χ3n) is 1.16. The summed E-state index contributed by atoms with van der Waals surface area (Å²) in [4.78, 5) is 4.00. The Labute approximate surface area is 69.1 Å². The van der Waals surface area contributed by atoms with Crippen molar-refractivity contribution in [1.82, 2.24) is 10.1 Å². The Balaban J connectivity index is 2.68. The molecule has 0 spiro atoms. The fraction of sp³-hybridized carbons (Fsp3) is 0.600. The molecule has 11 heavy (non-hydrogen) atoms. The van der Waals surface area contributed by atoms with Gasteiger partial charge in [0.2, 0.25) is 0 Å². The second-order valence-corrected chi connectivity index (χ2v) is 2.45. The number of nitrogens with zero attached hydrogens (tertiary/aromatic N) is 2. The Morgan fingerprint density at radius 1 is 1.82 bits per heavy atom. The summed E-state index contributed by atoms with van der Waals surface area (Å²) >= 11 is 4.65. The van der Waals surface area contributed by atoms with E-state index >= 15 is 0 Å². The maximum absolute atomic E-state index is 5.55. The number of anilines is 1. The first-order valence-corrected chi connectivity index (χ1v) is 3.72. The van der Waals surface area contributed by atoms with Crippen LogP contribution in [0.15, 0.2) is 4.52 Å². The number of aromatic nitrogens is 2. The topological polar surface area (TPSA) is 71.1 Å². The minimum absolute atomic E-state index is 0.173. The van der Waals surface area contributed by atoms with E-state index in [0.717, 1.165) is 13.0 Å². The van der Waals surface area contributed by atoms with Gasteiger partial charge in [-0.25, -0.2) is 5.84 Å². The van der Waals surface area contributed by atoms with Gasteiger partial charge in [-0.15, -0.1) is 0 Å². The molecule has 5 nitrogen and oxygen atoms in total. The predicted octanol–water partition coefficient (Wildman–Crippen LogP) is 0.822. The van der Waals surface area contributed by atoms with Crippen molar-refractivity contribution in [2.45, 2.75) is 13.3 Å². The molecule has 3 N–H and O–H groups in total. The highest BCUT2D eigenvalue weighted by Crippen LogP contribution is 2.01. The molecular formula is C5H10N4OS. The Morgan fingerprint density at radius 3 is 3.00 bits per heavy atom. The molecule has 1 aromatic heterocycles. The van der Waals surface area contributed by atoms with Gasteiger partial charge in [0.15, 0.2) is 0 Å². The zero-order chi connectivity index (χ0) is 8.27. The maximum Gasteiger partial charge on any atom is 0.315 e. The molecule has 0 aliphatic rings. The average Bonchev–Trinajstić information content (AvgIpc) is 2.36. The molecule has 0 bridgehead atoms. The molecule has 1 aromatic rings. The Bertz CT molecular complexity index is 267. The SMILES string of the molecule is CCCN(N)c1nc(=S)o[nH]1. The summed E-state index contributed by atoms with van der Waals surface area (Å²) in [5.41, 5.74) is 0. The zero-order valence-electron chi connectivity index (χ0n) is 6.20. The summed E-state index contributed by atoms with van der Waals surface area (Å²) in [6.45, 7) is 2.74. The first-order chi connectivity index (χ1) is 5.24. The standard InChI is InChI=1S/C5H10N4OS/c1-2-3-9(6)4-7-5(11)10-8-4/h2-3,6H2,1H3,(H,7,8,11). The summed E-state index contributed by atoms with van der Waals surface area (Å²) in [5, 5.41) is 3.96.